The minimum Gasteiger partial charge on any atom is -0.383 e. The monoisotopic (exact) mass is 571 g/mol. The van der Waals surface area contributed by atoms with Gasteiger partial charge in [0.2, 0.25) is 17.6 Å². The number of ether oxygens (including phenoxy) is 1. The number of aromatic nitrogens is 2. The molecule has 4 atom stereocenters. The Morgan fingerprint density at radius 3 is 2.05 bits per heavy atom. The lowest BCUT2D eigenvalue weighted by molar-refractivity contribution is -0.166. The number of carbonyl (C=O) groups excluding carboxylic acids is 2. The molecule has 9 nitrogen and oxygen atoms in total. The van der Waals surface area contributed by atoms with Crippen molar-refractivity contribution in [3.63, 3.8) is 0 Å². The van der Waals surface area contributed by atoms with Crippen LogP contribution in [0.3, 0.4) is 0 Å². The van der Waals surface area contributed by atoms with Crippen molar-refractivity contribution in [2.45, 2.75) is 30.0 Å². The van der Waals surface area contributed by atoms with Crippen molar-refractivity contribution < 1.29 is 33.3 Å². The Morgan fingerprint density at radius 2 is 1.43 bits per heavy atom. The molecule has 1 aliphatic heterocycles. The third-order valence-corrected chi connectivity index (χ3v) is 7.60. The number of fused-ring (bicyclic) bond motifs is 2. The average molecular weight is 572 g/mol. The fourth-order valence-corrected chi connectivity index (χ4v) is 5.49. The molecule has 1 aromatic heterocycles. The van der Waals surface area contributed by atoms with Crippen molar-refractivity contribution >= 4 is 38.9 Å². The second-order valence-electron chi connectivity index (χ2n) is 10.0. The van der Waals surface area contributed by atoms with Crippen LogP contribution in [0, 0.1) is 0 Å². The molecule has 1 saturated heterocycles. The summed E-state index contributed by atoms with van der Waals surface area (Å²) in [6.07, 6.45) is -6.71. The van der Waals surface area contributed by atoms with Crippen LogP contribution in [0.4, 0.5) is 14.6 Å². The van der Waals surface area contributed by atoms with Crippen LogP contribution in [0.5, 0.6) is 0 Å². The summed E-state index contributed by atoms with van der Waals surface area (Å²) in [7, 11) is 0. The number of Topliss-reactive ketones (excluding diaryl/α,β-unsaturated/α-hetero) is 2. The number of nitrogen functional groups attached to an aromatic ring is 1. The molecule has 5 aromatic rings. The Balaban J connectivity index is 1.53. The van der Waals surface area contributed by atoms with E-state index >= 15 is 8.78 Å². The normalized spacial score (nSPS) is 22.3. The third kappa shape index (κ3) is 4.01. The molecule has 4 N–H and O–H groups in total. The van der Waals surface area contributed by atoms with Gasteiger partial charge in [-0.2, -0.15) is 13.8 Å². The Morgan fingerprint density at radius 1 is 0.881 bits per heavy atom. The molecular weight excluding hydrogens is 548 g/mol. The van der Waals surface area contributed by atoms with Crippen LogP contribution in [0.2, 0.25) is 0 Å². The summed E-state index contributed by atoms with van der Waals surface area (Å²) in [6, 6.07) is 23.2. The predicted molar refractivity (Wildman–Crippen MR) is 149 cm³/mol. The second kappa shape index (κ2) is 9.91. The van der Waals surface area contributed by atoms with E-state index in [1.165, 1.54) is 24.3 Å². The molecule has 6 rings (SSSR count). The number of nitrogens with two attached hydrogens (primary N) is 1. The second-order valence-corrected chi connectivity index (χ2v) is 10.0. The summed E-state index contributed by atoms with van der Waals surface area (Å²) < 4.78 is 38.7. The lowest BCUT2D eigenvalue weighted by Crippen LogP contribution is -2.62. The largest absolute Gasteiger partial charge is 0.383 e. The van der Waals surface area contributed by atoms with Gasteiger partial charge < -0.3 is 20.7 Å². The number of anilines is 1. The van der Waals surface area contributed by atoms with Crippen LogP contribution in [0.1, 0.15) is 26.9 Å². The predicted octanol–water partition coefficient (Wildman–Crippen LogP) is 3.52. The molecule has 0 amide bonds. The van der Waals surface area contributed by atoms with Crippen molar-refractivity contribution in [1.82, 2.24) is 9.55 Å². The van der Waals surface area contributed by atoms with E-state index in [2.05, 4.69) is 4.98 Å². The maximum Gasteiger partial charge on any atom is 0.351 e. The van der Waals surface area contributed by atoms with Crippen LogP contribution in [-0.2, 0) is 4.74 Å². The van der Waals surface area contributed by atoms with Gasteiger partial charge in [0.15, 0.2) is 5.78 Å². The van der Waals surface area contributed by atoms with Crippen molar-refractivity contribution in [3.05, 3.63) is 119 Å². The smallest absolute Gasteiger partial charge is 0.351 e. The number of hydrogen-bond acceptors (Lipinski definition) is 8. The standard InChI is InChI=1S/C31H23F2N3O6/c32-31(33)28(36-16-15-23(34)35-29(36)40)42-27(25(38)24(37)21-13-5-9-17-7-1-3-11-19(17)21)30(31,41)26(39)22-14-6-10-18-8-2-4-12-20(18)22/h1-16,25,27-28,38,41H,(H2,34,35,40)/t25?,27-,28-,30-/m1/s1. The molecule has 1 unspecified atom stereocenters. The Labute approximate surface area is 236 Å². The van der Waals surface area contributed by atoms with Crippen LogP contribution in [0.25, 0.3) is 21.5 Å². The summed E-state index contributed by atoms with van der Waals surface area (Å²) >= 11 is 0. The summed E-state index contributed by atoms with van der Waals surface area (Å²) in [5.41, 5.74) is 0.117. The lowest BCUT2D eigenvalue weighted by Gasteiger charge is -2.33. The molecule has 1 fully saturated rings. The maximum absolute atomic E-state index is 16.5. The molecule has 11 heteroatoms. The first-order chi connectivity index (χ1) is 20.1. The summed E-state index contributed by atoms with van der Waals surface area (Å²) in [5.74, 6) is -7.38. The molecule has 0 aliphatic carbocycles. The van der Waals surface area contributed by atoms with Gasteiger partial charge in [-0.25, -0.2) is 4.79 Å². The van der Waals surface area contributed by atoms with E-state index in [4.69, 9.17) is 10.5 Å². The van der Waals surface area contributed by atoms with E-state index in [-0.39, 0.29) is 22.3 Å². The number of alkyl halides is 2. The minimum absolute atomic E-state index is 0.0396. The highest BCUT2D eigenvalue weighted by Crippen LogP contribution is 2.52. The molecule has 212 valence electrons. The third-order valence-electron chi connectivity index (χ3n) is 7.60. The van der Waals surface area contributed by atoms with Crippen LogP contribution < -0.4 is 11.4 Å². The van der Waals surface area contributed by atoms with Gasteiger partial charge in [-0.3, -0.25) is 14.2 Å². The van der Waals surface area contributed by atoms with Gasteiger partial charge in [0.05, 0.1) is 0 Å². The van der Waals surface area contributed by atoms with E-state index < -0.39 is 47.2 Å². The first-order valence-corrected chi connectivity index (χ1v) is 12.9. The molecule has 0 saturated carbocycles. The maximum atomic E-state index is 16.5. The first-order valence-electron chi connectivity index (χ1n) is 12.9. The molecule has 0 spiro atoms. The highest BCUT2D eigenvalue weighted by Gasteiger charge is 2.75. The van der Waals surface area contributed by atoms with E-state index in [0.29, 0.717) is 20.7 Å². The van der Waals surface area contributed by atoms with Gasteiger partial charge in [0, 0.05) is 17.3 Å². The zero-order valence-electron chi connectivity index (χ0n) is 21.7. The van der Waals surface area contributed by atoms with Gasteiger partial charge in [-0.05, 0) is 27.6 Å². The Hall–Kier alpha value is -4.84. The van der Waals surface area contributed by atoms with Crippen LogP contribution in [-0.4, -0.2) is 55.1 Å². The number of aliphatic hydroxyl groups excluding tert-OH is 1. The van der Waals surface area contributed by atoms with Gasteiger partial charge in [0.25, 0.3) is 0 Å². The van der Waals surface area contributed by atoms with Crippen LogP contribution >= 0.6 is 0 Å². The van der Waals surface area contributed by atoms with E-state index in [0.717, 1.165) is 12.3 Å². The van der Waals surface area contributed by atoms with Gasteiger partial charge in [0.1, 0.15) is 18.0 Å². The molecule has 4 aromatic carbocycles. The molecular formula is C31H23F2N3O6. The zero-order valence-corrected chi connectivity index (χ0v) is 21.7. The summed E-state index contributed by atoms with van der Waals surface area (Å²) in [5, 5.41) is 25.0. The van der Waals surface area contributed by atoms with Gasteiger partial charge in [-0.1, -0.05) is 84.9 Å². The van der Waals surface area contributed by atoms with E-state index in [9.17, 15) is 24.6 Å². The molecule has 0 bridgehead atoms. The summed E-state index contributed by atoms with van der Waals surface area (Å²) in [6.45, 7) is 0. The number of ketones is 2. The van der Waals surface area contributed by atoms with Crippen molar-refractivity contribution in [2.24, 2.45) is 0 Å². The SMILES string of the molecule is Nc1ccn([C@@H]2O[C@H](C(O)C(=O)c3cccc4ccccc34)[C@](O)(C(=O)c3cccc4ccccc34)C2(F)F)c(=O)n1. The van der Waals surface area contributed by atoms with E-state index in [1.54, 1.807) is 60.7 Å². The first kappa shape index (κ1) is 27.3. The number of carbonyl (C=O) groups is 2. The highest BCUT2D eigenvalue weighted by atomic mass is 19.3. The van der Waals surface area contributed by atoms with Gasteiger partial charge in [-0.15, -0.1) is 0 Å². The molecule has 2 heterocycles. The van der Waals surface area contributed by atoms with Crippen molar-refractivity contribution in [2.75, 3.05) is 5.73 Å². The lowest BCUT2D eigenvalue weighted by atomic mass is 9.78. The zero-order chi connectivity index (χ0) is 29.8. The average Bonchev–Trinajstić information content (AvgIpc) is 3.21. The number of halogens is 2. The highest BCUT2D eigenvalue weighted by molar-refractivity contribution is 6.14. The fourth-order valence-electron chi connectivity index (χ4n) is 5.49. The molecule has 1 aliphatic rings. The van der Waals surface area contributed by atoms with Crippen molar-refractivity contribution in [1.29, 1.82) is 0 Å². The Bertz CT molecular complexity index is 1930. The molecule has 42 heavy (non-hydrogen) atoms. The minimum atomic E-state index is -4.55. The number of aliphatic hydroxyl groups is 2. The number of rotatable bonds is 6. The number of hydrogen-bond donors (Lipinski definition) is 3. The van der Waals surface area contributed by atoms with Gasteiger partial charge >= 0.3 is 11.6 Å². The number of benzene rings is 4. The molecule has 0 radical (unpaired) electrons. The number of nitrogens with zero attached hydrogens (tertiary/aromatic N) is 2. The Kier molecular flexibility index (Phi) is 6.45. The van der Waals surface area contributed by atoms with Crippen molar-refractivity contribution in [3.8, 4) is 0 Å². The van der Waals surface area contributed by atoms with E-state index in [1.807, 2.05) is 0 Å². The summed E-state index contributed by atoms with van der Waals surface area (Å²) in [4.78, 5) is 43.7. The topological polar surface area (TPSA) is 145 Å². The van der Waals surface area contributed by atoms with Crippen LogP contribution in [0.15, 0.2) is 102 Å². The quantitative estimate of drug-likeness (QED) is 0.263. The fraction of sp³-hybridized carbons (Fsp3) is 0.161.